The van der Waals surface area contributed by atoms with Crippen molar-refractivity contribution in [2.45, 2.75) is 44.7 Å². The maximum Gasteiger partial charge on any atom is 0.338 e. The van der Waals surface area contributed by atoms with E-state index in [1.807, 2.05) is 13.1 Å². The number of benzene rings is 1. The fourth-order valence-electron chi connectivity index (χ4n) is 1.73. The van der Waals surface area contributed by atoms with Crippen LogP contribution < -0.4 is 5.14 Å². The number of nitrogens with two attached hydrogens (primary N) is 1. The second kappa shape index (κ2) is 6.52. The van der Waals surface area contributed by atoms with Crippen molar-refractivity contribution in [3.63, 3.8) is 0 Å². The van der Waals surface area contributed by atoms with Gasteiger partial charge in [-0.1, -0.05) is 39.0 Å². The van der Waals surface area contributed by atoms with E-state index in [1.54, 1.807) is 24.3 Å². The maximum atomic E-state index is 12.8. The van der Waals surface area contributed by atoms with Crippen LogP contribution in [-0.2, 0) is 20.4 Å². The Morgan fingerprint density at radius 2 is 1.86 bits per heavy atom. The molecule has 0 aliphatic rings. The molecule has 1 aromatic carbocycles. The molecule has 1 rings (SSSR count). The fourth-order valence-corrected chi connectivity index (χ4v) is 6.88. The molecule has 0 heterocycles. The van der Waals surface area contributed by atoms with Crippen LogP contribution in [0.3, 0.4) is 0 Å². The third kappa shape index (κ3) is 4.66. The van der Waals surface area contributed by atoms with Gasteiger partial charge in [0.2, 0.25) is 0 Å². The number of rotatable bonds is 4. The Balaban J connectivity index is 3.25. The second-order valence-corrected chi connectivity index (χ2v) is 13.9. The van der Waals surface area contributed by atoms with Crippen molar-refractivity contribution >= 4 is 24.1 Å². The van der Waals surface area contributed by atoms with E-state index in [0.29, 0.717) is 11.1 Å². The molecule has 0 aliphatic heterocycles. The van der Waals surface area contributed by atoms with Gasteiger partial charge in [-0.3, -0.25) is 4.03 Å². The van der Waals surface area contributed by atoms with Crippen molar-refractivity contribution in [1.82, 2.24) is 0 Å². The van der Waals surface area contributed by atoms with Crippen LogP contribution >= 0.6 is 0 Å². The molecule has 2 N–H and O–H groups in total. The summed E-state index contributed by atoms with van der Waals surface area (Å²) in [7, 11) is -3.73. The molecule has 7 heteroatoms. The standard InChI is InChI=1S/C15H26N2O3SSi/c1-15(2,3)22(5,6)17-21(16,19)11-12-9-7-8-10-13(12)14(18)20-4/h7-10H,11H2,1-6H3,(H2,16,17,19). The predicted molar refractivity (Wildman–Crippen MR) is 93.4 cm³/mol. The van der Waals surface area contributed by atoms with Crippen molar-refractivity contribution in [3.05, 3.63) is 35.4 Å². The first-order valence-electron chi connectivity index (χ1n) is 7.09. The molecule has 1 unspecified atom stereocenters. The first kappa shape index (κ1) is 18.9. The van der Waals surface area contributed by atoms with E-state index in [4.69, 9.17) is 9.88 Å². The summed E-state index contributed by atoms with van der Waals surface area (Å²) >= 11 is 0. The summed E-state index contributed by atoms with van der Waals surface area (Å²) in [6, 6.07) is 6.89. The molecule has 0 saturated carbocycles. The highest BCUT2D eigenvalue weighted by Crippen LogP contribution is 2.37. The normalized spacial score (nSPS) is 15.0. The summed E-state index contributed by atoms with van der Waals surface area (Å²) < 4.78 is 22.1. The molecule has 22 heavy (non-hydrogen) atoms. The Bertz CT molecular complexity index is 672. The Kier molecular flexibility index (Phi) is 5.59. The number of methoxy groups -OCH3 is 1. The largest absolute Gasteiger partial charge is 0.465 e. The quantitative estimate of drug-likeness (QED) is 0.673. The summed E-state index contributed by atoms with van der Waals surface area (Å²) in [6.45, 7) is 10.3. The van der Waals surface area contributed by atoms with Gasteiger partial charge in [-0.05, 0) is 29.8 Å². The number of carbonyl (C=O) groups is 1. The number of hydrogen-bond donors (Lipinski definition) is 1. The summed E-state index contributed by atoms with van der Waals surface area (Å²) in [4.78, 5) is 11.8. The van der Waals surface area contributed by atoms with Crippen molar-refractivity contribution in [2.24, 2.45) is 9.17 Å². The minimum absolute atomic E-state index is 0.0447. The SMILES string of the molecule is COC(=O)c1ccccc1CS(N)(=O)=N[Si](C)(C)C(C)(C)C. The molecule has 0 radical (unpaired) electrons. The minimum atomic E-state index is -2.91. The van der Waals surface area contributed by atoms with E-state index in [1.165, 1.54) is 7.11 Å². The Hall–Kier alpha value is -1.18. The van der Waals surface area contributed by atoms with Crippen molar-refractivity contribution in [3.8, 4) is 0 Å². The molecule has 0 amide bonds. The van der Waals surface area contributed by atoms with Gasteiger partial charge in [0, 0.05) is 0 Å². The average molecular weight is 343 g/mol. The van der Waals surface area contributed by atoms with Gasteiger partial charge in [0.05, 0.1) is 18.4 Å². The number of nitrogens with zero attached hydrogens (tertiary/aromatic N) is 1. The van der Waals surface area contributed by atoms with E-state index in [-0.39, 0.29) is 10.8 Å². The smallest absolute Gasteiger partial charge is 0.338 e. The highest BCUT2D eigenvalue weighted by atomic mass is 32.2. The molecule has 124 valence electrons. The topological polar surface area (TPSA) is 81.8 Å². The molecule has 0 saturated heterocycles. The van der Waals surface area contributed by atoms with Crippen molar-refractivity contribution < 1.29 is 13.7 Å². The summed E-state index contributed by atoms with van der Waals surface area (Å²) in [5.41, 5.74) is 0.984. The number of ether oxygens (including phenoxy) is 1. The zero-order valence-corrected chi connectivity index (χ0v) is 16.0. The monoisotopic (exact) mass is 342 g/mol. The van der Waals surface area contributed by atoms with E-state index < -0.39 is 24.1 Å². The van der Waals surface area contributed by atoms with Gasteiger partial charge < -0.3 is 4.74 Å². The van der Waals surface area contributed by atoms with Crippen LogP contribution in [0.5, 0.6) is 0 Å². The number of hydrogen-bond acceptors (Lipinski definition) is 4. The average Bonchev–Trinajstić information content (AvgIpc) is 2.35. The second-order valence-electron chi connectivity index (χ2n) is 6.88. The van der Waals surface area contributed by atoms with Gasteiger partial charge in [-0.2, -0.15) is 0 Å². The zero-order chi connectivity index (χ0) is 17.2. The molecule has 1 aromatic rings. The molecule has 0 fully saturated rings. The van der Waals surface area contributed by atoms with Gasteiger partial charge in [-0.25, -0.2) is 14.1 Å². The van der Waals surface area contributed by atoms with Crippen LogP contribution in [-0.4, -0.2) is 25.5 Å². The Morgan fingerprint density at radius 3 is 2.36 bits per heavy atom. The molecule has 0 aliphatic carbocycles. The molecule has 1 atom stereocenters. The molecule has 0 bridgehead atoms. The summed E-state index contributed by atoms with van der Waals surface area (Å²) in [6.07, 6.45) is 0. The highest BCUT2D eigenvalue weighted by Gasteiger charge is 2.37. The molecule has 0 aromatic heterocycles. The summed E-state index contributed by atoms with van der Waals surface area (Å²) in [5.74, 6) is -0.414. The van der Waals surface area contributed by atoms with Gasteiger partial charge in [0.25, 0.3) is 0 Å². The van der Waals surface area contributed by atoms with Crippen molar-refractivity contribution in [1.29, 1.82) is 0 Å². The first-order chi connectivity index (χ1) is 9.89. The molecule has 0 spiro atoms. The van der Waals surface area contributed by atoms with Crippen LogP contribution in [0, 0.1) is 0 Å². The van der Waals surface area contributed by atoms with Crippen LogP contribution in [0.4, 0.5) is 0 Å². The van der Waals surface area contributed by atoms with E-state index >= 15 is 0 Å². The van der Waals surface area contributed by atoms with E-state index in [2.05, 4.69) is 24.8 Å². The van der Waals surface area contributed by atoms with E-state index in [0.717, 1.165) is 0 Å². The van der Waals surface area contributed by atoms with Gasteiger partial charge in [-0.15, -0.1) is 0 Å². The highest BCUT2D eigenvalue weighted by molar-refractivity contribution is 7.91. The lowest BCUT2D eigenvalue weighted by molar-refractivity contribution is 0.0600. The molecular formula is C15H26N2O3SSi. The lowest BCUT2D eigenvalue weighted by atomic mass is 10.1. The van der Waals surface area contributed by atoms with Crippen LogP contribution in [0.1, 0.15) is 36.7 Å². The third-order valence-electron chi connectivity index (χ3n) is 4.00. The lowest BCUT2D eigenvalue weighted by Gasteiger charge is -2.32. The van der Waals surface area contributed by atoms with E-state index in [9.17, 15) is 9.00 Å². The Labute approximate surface area is 134 Å². The van der Waals surface area contributed by atoms with Gasteiger partial charge >= 0.3 is 5.97 Å². The van der Waals surface area contributed by atoms with Crippen LogP contribution in [0.25, 0.3) is 0 Å². The minimum Gasteiger partial charge on any atom is -0.465 e. The fraction of sp³-hybridized carbons (Fsp3) is 0.533. The maximum absolute atomic E-state index is 12.8. The van der Waals surface area contributed by atoms with Crippen LogP contribution in [0.15, 0.2) is 28.3 Å². The number of carbonyl (C=O) groups excluding carboxylic acids is 1. The predicted octanol–water partition coefficient (Wildman–Crippen LogP) is 3.32. The van der Waals surface area contributed by atoms with Gasteiger partial charge in [0.15, 0.2) is 8.24 Å². The zero-order valence-electron chi connectivity index (χ0n) is 14.2. The Morgan fingerprint density at radius 1 is 1.32 bits per heavy atom. The lowest BCUT2D eigenvalue weighted by Crippen LogP contribution is -2.38. The number of esters is 1. The first-order valence-corrected chi connectivity index (χ1v) is 11.8. The molecule has 5 nitrogen and oxygen atoms in total. The summed E-state index contributed by atoms with van der Waals surface area (Å²) in [5, 5.41) is 5.94. The van der Waals surface area contributed by atoms with Crippen molar-refractivity contribution in [2.75, 3.05) is 7.11 Å². The van der Waals surface area contributed by atoms with Crippen LogP contribution in [0.2, 0.25) is 18.1 Å². The van der Waals surface area contributed by atoms with Gasteiger partial charge in [0.1, 0.15) is 9.92 Å². The molecular weight excluding hydrogens is 316 g/mol. The third-order valence-corrected chi connectivity index (χ3v) is 11.5.